The molecule has 3 heteroatoms. The van der Waals surface area contributed by atoms with Crippen LogP contribution in [0.5, 0.6) is 0 Å². The van der Waals surface area contributed by atoms with E-state index in [2.05, 4.69) is 71.5 Å². The largest absolute Gasteiger partial charge is 0.374 e. The van der Waals surface area contributed by atoms with E-state index >= 15 is 0 Å². The van der Waals surface area contributed by atoms with Gasteiger partial charge in [-0.25, -0.2) is 0 Å². The first kappa shape index (κ1) is 13.6. The third-order valence-electron chi connectivity index (χ3n) is 4.72. The molecule has 1 fully saturated rings. The van der Waals surface area contributed by atoms with Gasteiger partial charge in [0.05, 0.1) is 23.5 Å². The Hall–Kier alpha value is -2.00. The zero-order valence-corrected chi connectivity index (χ0v) is 13.0. The van der Waals surface area contributed by atoms with Gasteiger partial charge < -0.3 is 4.74 Å². The third-order valence-corrected chi connectivity index (χ3v) is 4.72. The second-order valence-electron chi connectivity index (χ2n) is 5.98. The van der Waals surface area contributed by atoms with E-state index in [4.69, 9.17) is 4.74 Å². The summed E-state index contributed by atoms with van der Waals surface area (Å²) in [6.45, 7) is 3.93. The van der Waals surface area contributed by atoms with Crippen LogP contribution in [0.3, 0.4) is 0 Å². The summed E-state index contributed by atoms with van der Waals surface area (Å²) in [6, 6.07) is 19.9. The Labute approximate surface area is 132 Å². The van der Waals surface area contributed by atoms with E-state index in [9.17, 15) is 0 Å². The lowest BCUT2D eigenvalue weighted by Gasteiger charge is -2.42. The van der Waals surface area contributed by atoms with Crippen LogP contribution in [0.2, 0.25) is 0 Å². The summed E-state index contributed by atoms with van der Waals surface area (Å²) in [5.41, 5.74) is 3.90. The molecule has 2 aromatic carbocycles. The highest BCUT2D eigenvalue weighted by molar-refractivity contribution is 5.65. The molecule has 22 heavy (non-hydrogen) atoms. The molecule has 0 bridgehead atoms. The van der Waals surface area contributed by atoms with Crippen LogP contribution in [0.25, 0.3) is 0 Å². The number of rotatable bonds is 3. The van der Waals surface area contributed by atoms with E-state index in [1.54, 1.807) is 0 Å². The van der Waals surface area contributed by atoms with Crippen LogP contribution >= 0.6 is 0 Å². The lowest BCUT2D eigenvalue weighted by Crippen LogP contribution is -2.45. The van der Waals surface area contributed by atoms with Gasteiger partial charge in [-0.05, 0) is 31.5 Å². The lowest BCUT2D eigenvalue weighted by atomic mass is 9.94. The highest BCUT2D eigenvalue weighted by Gasteiger charge is 2.40. The fraction of sp³-hybridized carbons (Fsp3) is 0.368. The average molecular weight is 294 g/mol. The van der Waals surface area contributed by atoms with Gasteiger partial charge in [-0.1, -0.05) is 36.4 Å². The van der Waals surface area contributed by atoms with Crippen molar-refractivity contribution in [3.63, 3.8) is 0 Å². The van der Waals surface area contributed by atoms with Gasteiger partial charge in [-0.3, -0.25) is 10.0 Å². The maximum atomic E-state index is 6.01. The molecule has 0 amide bonds. The van der Waals surface area contributed by atoms with Crippen molar-refractivity contribution in [2.75, 3.05) is 23.2 Å². The Bertz CT molecular complexity index is 643. The van der Waals surface area contributed by atoms with Crippen molar-refractivity contribution >= 4 is 11.4 Å². The second-order valence-corrected chi connectivity index (χ2v) is 5.98. The number of para-hydroxylation sites is 2. The van der Waals surface area contributed by atoms with E-state index in [1.165, 1.54) is 23.4 Å². The Morgan fingerprint density at radius 1 is 1.05 bits per heavy atom. The van der Waals surface area contributed by atoms with Crippen LogP contribution < -0.4 is 10.0 Å². The highest BCUT2D eigenvalue weighted by Crippen LogP contribution is 2.44. The van der Waals surface area contributed by atoms with E-state index in [0.29, 0.717) is 6.04 Å². The Kier molecular flexibility index (Phi) is 3.51. The fourth-order valence-corrected chi connectivity index (χ4v) is 3.80. The normalized spacial score (nSPS) is 23.3. The number of hydrazine groups is 1. The summed E-state index contributed by atoms with van der Waals surface area (Å²) in [4.78, 5) is 0. The van der Waals surface area contributed by atoms with Gasteiger partial charge in [0.1, 0.15) is 0 Å². The molecular formula is C19H22N2O. The number of nitrogens with zero attached hydrogens (tertiary/aromatic N) is 2. The van der Waals surface area contributed by atoms with E-state index in [-0.39, 0.29) is 6.10 Å². The molecule has 0 radical (unpaired) electrons. The van der Waals surface area contributed by atoms with Gasteiger partial charge in [0.15, 0.2) is 0 Å². The summed E-state index contributed by atoms with van der Waals surface area (Å²) in [7, 11) is 0. The molecule has 2 atom stereocenters. The molecule has 2 aliphatic rings. The van der Waals surface area contributed by atoms with E-state index < -0.39 is 0 Å². The minimum absolute atomic E-state index is 0.234. The Morgan fingerprint density at radius 3 is 2.64 bits per heavy atom. The first-order valence-electron chi connectivity index (χ1n) is 8.20. The van der Waals surface area contributed by atoms with Gasteiger partial charge in [-0.2, -0.15) is 0 Å². The van der Waals surface area contributed by atoms with Crippen molar-refractivity contribution in [1.82, 2.24) is 0 Å². The van der Waals surface area contributed by atoms with Crippen LogP contribution in [0.15, 0.2) is 54.6 Å². The molecule has 0 spiro atoms. The molecule has 2 heterocycles. The number of fused-ring (bicyclic) bond motifs is 3. The fourth-order valence-electron chi connectivity index (χ4n) is 3.80. The molecule has 0 N–H and O–H groups in total. The maximum Gasteiger partial charge on any atom is 0.0865 e. The molecule has 0 aliphatic carbocycles. The molecule has 2 unspecified atom stereocenters. The summed E-state index contributed by atoms with van der Waals surface area (Å²) < 4.78 is 6.01. The van der Waals surface area contributed by atoms with Gasteiger partial charge in [0, 0.05) is 25.1 Å². The monoisotopic (exact) mass is 294 g/mol. The lowest BCUT2D eigenvalue weighted by molar-refractivity contribution is 0.0479. The molecule has 2 aliphatic heterocycles. The molecule has 2 aromatic rings. The van der Waals surface area contributed by atoms with Crippen molar-refractivity contribution in [3.8, 4) is 0 Å². The van der Waals surface area contributed by atoms with Crippen LogP contribution in [-0.2, 0) is 4.74 Å². The molecule has 3 nitrogen and oxygen atoms in total. The molecule has 0 saturated carbocycles. The van der Waals surface area contributed by atoms with E-state index in [0.717, 1.165) is 19.6 Å². The van der Waals surface area contributed by atoms with Crippen LogP contribution in [0, 0.1) is 0 Å². The summed E-state index contributed by atoms with van der Waals surface area (Å²) in [6.07, 6.45) is 2.50. The summed E-state index contributed by atoms with van der Waals surface area (Å²) in [5, 5.41) is 4.91. The predicted octanol–water partition coefficient (Wildman–Crippen LogP) is 4.17. The molecule has 0 aromatic heterocycles. The molecule has 1 saturated heterocycles. The first-order valence-corrected chi connectivity index (χ1v) is 8.20. The van der Waals surface area contributed by atoms with Crippen molar-refractivity contribution in [3.05, 3.63) is 60.2 Å². The zero-order chi connectivity index (χ0) is 14.9. The van der Waals surface area contributed by atoms with Crippen LogP contribution in [0.1, 0.15) is 31.4 Å². The van der Waals surface area contributed by atoms with Crippen LogP contribution in [0.4, 0.5) is 11.4 Å². The maximum absolute atomic E-state index is 6.01. The standard InChI is InChI=1S/C19H22N2O/c1-2-22-19-14-16-12-13-20(15-8-4-3-5-9-15)21(16)18-11-7-6-10-17(18)19/h3-11,16,19H,2,12-14H2,1H3. The Balaban J connectivity index is 1.74. The smallest absolute Gasteiger partial charge is 0.0865 e. The number of hydrogen-bond acceptors (Lipinski definition) is 3. The van der Waals surface area contributed by atoms with Crippen molar-refractivity contribution in [2.24, 2.45) is 0 Å². The van der Waals surface area contributed by atoms with Crippen LogP contribution in [-0.4, -0.2) is 19.2 Å². The number of ether oxygens (including phenoxy) is 1. The van der Waals surface area contributed by atoms with Gasteiger partial charge >= 0.3 is 0 Å². The minimum atomic E-state index is 0.234. The van der Waals surface area contributed by atoms with Gasteiger partial charge in [0.2, 0.25) is 0 Å². The summed E-state index contributed by atoms with van der Waals surface area (Å²) >= 11 is 0. The average Bonchev–Trinajstić information content (AvgIpc) is 3.00. The van der Waals surface area contributed by atoms with Gasteiger partial charge in [0.25, 0.3) is 0 Å². The Morgan fingerprint density at radius 2 is 1.82 bits per heavy atom. The topological polar surface area (TPSA) is 15.7 Å². The van der Waals surface area contributed by atoms with Crippen molar-refractivity contribution in [2.45, 2.75) is 31.9 Å². The van der Waals surface area contributed by atoms with Crippen molar-refractivity contribution < 1.29 is 4.74 Å². The van der Waals surface area contributed by atoms with Gasteiger partial charge in [-0.15, -0.1) is 0 Å². The first-order chi connectivity index (χ1) is 10.9. The second kappa shape index (κ2) is 5.65. The molecular weight excluding hydrogens is 272 g/mol. The van der Waals surface area contributed by atoms with E-state index in [1.807, 2.05) is 0 Å². The number of hydrogen-bond donors (Lipinski definition) is 0. The predicted molar refractivity (Wildman–Crippen MR) is 90.1 cm³/mol. The SMILES string of the molecule is CCOC1CC2CCN(c3ccccc3)N2c2ccccc21. The third kappa shape index (κ3) is 2.17. The quantitative estimate of drug-likeness (QED) is 0.845. The molecule has 4 rings (SSSR count). The highest BCUT2D eigenvalue weighted by atomic mass is 16.5. The number of benzene rings is 2. The molecule has 114 valence electrons. The zero-order valence-electron chi connectivity index (χ0n) is 13.0. The summed E-state index contributed by atoms with van der Waals surface area (Å²) in [5.74, 6) is 0. The van der Waals surface area contributed by atoms with Crippen molar-refractivity contribution in [1.29, 1.82) is 0 Å². The number of anilines is 2. The minimum Gasteiger partial charge on any atom is -0.374 e.